The molecule has 1 fully saturated rings. The Morgan fingerprint density at radius 3 is 2.85 bits per heavy atom. The van der Waals surface area contributed by atoms with Crippen molar-refractivity contribution in [3.05, 3.63) is 47.3 Å². The number of aliphatic hydroxyl groups is 1. The molecule has 1 unspecified atom stereocenters. The van der Waals surface area contributed by atoms with Crippen LogP contribution in [-0.4, -0.2) is 64.0 Å². The first kappa shape index (κ1) is 18.9. The third-order valence-electron chi connectivity index (χ3n) is 4.94. The van der Waals surface area contributed by atoms with E-state index in [1.54, 1.807) is 0 Å². The summed E-state index contributed by atoms with van der Waals surface area (Å²) in [5.41, 5.74) is 3.40. The Kier molecular flexibility index (Phi) is 6.66. The van der Waals surface area contributed by atoms with Crippen LogP contribution in [0, 0.1) is 6.92 Å². The van der Waals surface area contributed by atoms with Gasteiger partial charge in [0, 0.05) is 56.6 Å². The summed E-state index contributed by atoms with van der Waals surface area (Å²) in [6, 6.07) is 10.7. The molecule has 2 aromatic rings. The zero-order valence-corrected chi connectivity index (χ0v) is 15.8. The van der Waals surface area contributed by atoms with Gasteiger partial charge in [-0.3, -0.25) is 14.9 Å². The number of aromatic nitrogens is 2. The highest BCUT2D eigenvalue weighted by atomic mass is 16.5. The van der Waals surface area contributed by atoms with Crippen LogP contribution in [0.25, 0.3) is 0 Å². The molecule has 26 heavy (non-hydrogen) atoms. The summed E-state index contributed by atoms with van der Waals surface area (Å²) in [5, 5.41) is 16.9. The van der Waals surface area contributed by atoms with Crippen LogP contribution in [0.1, 0.15) is 30.3 Å². The molecule has 1 aliphatic heterocycles. The lowest BCUT2D eigenvalue weighted by atomic mass is 10.1. The number of benzene rings is 1. The van der Waals surface area contributed by atoms with Crippen LogP contribution >= 0.6 is 0 Å². The molecule has 1 aromatic carbocycles. The summed E-state index contributed by atoms with van der Waals surface area (Å²) in [6.45, 7) is 9.57. The molecule has 1 saturated heterocycles. The van der Waals surface area contributed by atoms with Gasteiger partial charge < -0.3 is 9.84 Å². The number of para-hydroxylation sites is 1. The molecule has 1 aromatic heterocycles. The van der Waals surface area contributed by atoms with Gasteiger partial charge in [0.15, 0.2) is 0 Å². The Morgan fingerprint density at radius 2 is 2.12 bits per heavy atom. The summed E-state index contributed by atoms with van der Waals surface area (Å²) in [6.07, 6.45) is 0.785. The normalized spacial score (nSPS) is 19.0. The average Bonchev–Trinajstić information content (AvgIpc) is 3.04. The maximum Gasteiger partial charge on any atom is 0.123 e. The second kappa shape index (κ2) is 9.16. The van der Waals surface area contributed by atoms with Gasteiger partial charge >= 0.3 is 0 Å². The van der Waals surface area contributed by atoms with Gasteiger partial charge in [0.05, 0.1) is 12.3 Å². The van der Waals surface area contributed by atoms with E-state index in [1.807, 2.05) is 26.0 Å². The van der Waals surface area contributed by atoms with Crippen molar-refractivity contribution in [3.8, 4) is 5.75 Å². The molecule has 6 nitrogen and oxygen atoms in total. The van der Waals surface area contributed by atoms with Gasteiger partial charge in [-0.1, -0.05) is 18.2 Å². The van der Waals surface area contributed by atoms with Crippen LogP contribution < -0.4 is 4.74 Å². The molecule has 3 rings (SSSR count). The topological polar surface area (TPSA) is 64.6 Å². The number of nitrogens with one attached hydrogen (secondary N) is 1. The van der Waals surface area contributed by atoms with Crippen molar-refractivity contribution < 1.29 is 9.84 Å². The maximum absolute atomic E-state index is 9.53. The summed E-state index contributed by atoms with van der Waals surface area (Å²) in [4.78, 5) is 4.90. The molecule has 2 N–H and O–H groups in total. The Labute approximate surface area is 155 Å². The van der Waals surface area contributed by atoms with Crippen molar-refractivity contribution in [2.24, 2.45) is 0 Å². The lowest BCUT2D eigenvalue weighted by molar-refractivity contribution is 0.0488. The number of H-pyrrole nitrogens is 1. The average molecular weight is 358 g/mol. The Balaban J connectivity index is 1.65. The first-order valence-electron chi connectivity index (χ1n) is 9.48. The second-order valence-electron chi connectivity index (χ2n) is 6.95. The van der Waals surface area contributed by atoms with Crippen molar-refractivity contribution in [3.63, 3.8) is 0 Å². The van der Waals surface area contributed by atoms with Crippen LogP contribution in [0.5, 0.6) is 5.75 Å². The van der Waals surface area contributed by atoms with Gasteiger partial charge in [-0.25, -0.2) is 0 Å². The number of hydrogen-bond donors (Lipinski definition) is 2. The van der Waals surface area contributed by atoms with Gasteiger partial charge in [0.25, 0.3) is 0 Å². The highest BCUT2D eigenvalue weighted by Gasteiger charge is 2.27. The number of aromatic amines is 1. The number of ether oxygens (including phenoxy) is 1. The molecule has 1 aliphatic rings. The zero-order valence-electron chi connectivity index (χ0n) is 15.8. The van der Waals surface area contributed by atoms with Crippen LogP contribution in [0.2, 0.25) is 0 Å². The minimum atomic E-state index is 0.212. The third-order valence-corrected chi connectivity index (χ3v) is 4.94. The molecule has 0 radical (unpaired) electrons. The number of aryl methyl sites for hydroxylation is 1. The first-order valence-corrected chi connectivity index (χ1v) is 9.48. The zero-order chi connectivity index (χ0) is 18.4. The van der Waals surface area contributed by atoms with E-state index >= 15 is 0 Å². The van der Waals surface area contributed by atoms with Gasteiger partial charge in [-0.05, 0) is 32.4 Å². The van der Waals surface area contributed by atoms with Crippen LogP contribution in [0.4, 0.5) is 0 Å². The molecule has 2 heterocycles. The van der Waals surface area contributed by atoms with E-state index < -0.39 is 0 Å². The van der Waals surface area contributed by atoms with Gasteiger partial charge in [0.1, 0.15) is 5.75 Å². The van der Waals surface area contributed by atoms with E-state index in [2.05, 4.69) is 38.2 Å². The fraction of sp³-hybridized carbons (Fsp3) is 0.550. The molecule has 0 amide bonds. The fourth-order valence-corrected chi connectivity index (χ4v) is 3.67. The van der Waals surface area contributed by atoms with E-state index in [1.165, 1.54) is 5.56 Å². The smallest absolute Gasteiger partial charge is 0.123 e. The predicted octanol–water partition coefficient (Wildman–Crippen LogP) is 2.19. The molecular formula is C20H30N4O2. The van der Waals surface area contributed by atoms with E-state index in [9.17, 15) is 5.11 Å². The van der Waals surface area contributed by atoms with Crippen LogP contribution in [0.3, 0.4) is 0 Å². The standard InChI is InChI=1S/C20H30N4O2/c1-3-26-20-7-5-4-6-17(20)13-24-10-9-23(15-19(24)8-11-25)14-18-12-16(2)21-22-18/h4-7,12,19,25H,3,8-11,13-15H2,1-2H3,(H,21,22). The Hall–Kier alpha value is -1.89. The van der Waals surface area contributed by atoms with E-state index in [0.29, 0.717) is 12.6 Å². The maximum atomic E-state index is 9.53. The SMILES string of the molecule is CCOc1ccccc1CN1CCN(Cc2cc(C)[nH]n2)CC1CCO. The molecule has 0 saturated carbocycles. The van der Waals surface area contributed by atoms with Gasteiger partial charge in [-0.2, -0.15) is 5.10 Å². The minimum Gasteiger partial charge on any atom is -0.494 e. The highest BCUT2D eigenvalue weighted by Crippen LogP contribution is 2.23. The Bertz CT molecular complexity index is 688. The molecular weight excluding hydrogens is 328 g/mol. The van der Waals surface area contributed by atoms with Crippen molar-refractivity contribution >= 4 is 0 Å². The van der Waals surface area contributed by atoms with E-state index in [0.717, 1.165) is 56.3 Å². The Morgan fingerprint density at radius 1 is 1.27 bits per heavy atom. The van der Waals surface area contributed by atoms with Crippen molar-refractivity contribution in [1.82, 2.24) is 20.0 Å². The van der Waals surface area contributed by atoms with Gasteiger partial charge in [0.2, 0.25) is 0 Å². The van der Waals surface area contributed by atoms with Crippen molar-refractivity contribution in [2.75, 3.05) is 32.8 Å². The quantitative estimate of drug-likeness (QED) is 0.757. The molecule has 142 valence electrons. The molecule has 6 heteroatoms. The summed E-state index contributed by atoms with van der Waals surface area (Å²) in [7, 11) is 0. The summed E-state index contributed by atoms with van der Waals surface area (Å²) >= 11 is 0. The van der Waals surface area contributed by atoms with Crippen LogP contribution in [-0.2, 0) is 13.1 Å². The third kappa shape index (κ3) is 4.84. The number of rotatable bonds is 8. The lowest BCUT2D eigenvalue weighted by Gasteiger charge is -2.41. The van der Waals surface area contributed by atoms with Crippen LogP contribution in [0.15, 0.2) is 30.3 Å². The summed E-state index contributed by atoms with van der Waals surface area (Å²) < 4.78 is 5.78. The number of nitrogens with zero attached hydrogens (tertiary/aromatic N) is 3. The fourth-order valence-electron chi connectivity index (χ4n) is 3.67. The number of piperazine rings is 1. The molecule has 0 aliphatic carbocycles. The second-order valence-corrected chi connectivity index (χ2v) is 6.95. The van der Waals surface area contributed by atoms with Crippen molar-refractivity contribution in [1.29, 1.82) is 0 Å². The number of aliphatic hydroxyl groups excluding tert-OH is 1. The van der Waals surface area contributed by atoms with Crippen molar-refractivity contribution in [2.45, 2.75) is 39.4 Å². The molecule has 0 spiro atoms. The molecule has 1 atom stereocenters. The number of hydrogen-bond acceptors (Lipinski definition) is 5. The van der Waals surface area contributed by atoms with E-state index in [-0.39, 0.29) is 6.61 Å². The monoisotopic (exact) mass is 358 g/mol. The molecule has 0 bridgehead atoms. The predicted molar refractivity (Wildman–Crippen MR) is 102 cm³/mol. The largest absolute Gasteiger partial charge is 0.494 e. The summed E-state index contributed by atoms with van der Waals surface area (Å²) in [5.74, 6) is 0.965. The minimum absolute atomic E-state index is 0.212. The lowest BCUT2D eigenvalue weighted by Crippen LogP contribution is -2.52. The highest BCUT2D eigenvalue weighted by molar-refractivity contribution is 5.33. The van der Waals surface area contributed by atoms with E-state index in [4.69, 9.17) is 4.74 Å². The van der Waals surface area contributed by atoms with Gasteiger partial charge in [-0.15, -0.1) is 0 Å². The first-order chi connectivity index (χ1) is 12.7.